The number of nitrogens with one attached hydrogen (secondary N) is 1. The Balaban J connectivity index is 1.57. The van der Waals surface area contributed by atoms with Crippen LogP contribution in [0.4, 0.5) is 19.1 Å². The number of alkyl halides is 3. The minimum atomic E-state index is -4.50. The average molecular weight is 474 g/mol. The summed E-state index contributed by atoms with van der Waals surface area (Å²) >= 11 is 0. The van der Waals surface area contributed by atoms with Gasteiger partial charge in [0, 0.05) is 25.5 Å². The van der Waals surface area contributed by atoms with Crippen molar-refractivity contribution in [2.75, 3.05) is 18.4 Å². The molecule has 2 atom stereocenters. The van der Waals surface area contributed by atoms with Crippen molar-refractivity contribution in [2.24, 2.45) is 5.92 Å². The number of aryl methyl sites for hydroxylation is 2. The number of anilines is 1. The van der Waals surface area contributed by atoms with Crippen molar-refractivity contribution in [1.29, 1.82) is 0 Å². The fraction of sp³-hybridized carbons (Fsp3) is 0.435. The first kappa shape index (κ1) is 23.7. The van der Waals surface area contributed by atoms with E-state index in [2.05, 4.69) is 32.3 Å². The Labute approximate surface area is 194 Å². The van der Waals surface area contributed by atoms with Gasteiger partial charge in [0.05, 0.1) is 22.7 Å². The largest absolute Gasteiger partial charge is 0.419 e. The summed E-state index contributed by atoms with van der Waals surface area (Å²) in [4.78, 5) is 27.4. The van der Waals surface area contributed by atoms with E-state index in [1.54, 1.807) is 24.0 Å². The molecule has 11 heteroatoms. The van der Waals surface area contributed by atoms with Crippen molar-refractivity contribution >= 4 is 11.9 Å². The zero-order valence-electron chi connectivity index (χ0n) is 19.1. The lowest BCUT2D eigenvalue weighted by molar-refractivity contribution is -0.138. The van der Waals surface area contributed by atoms with Crippen LogP contribution in [0.1, 0.15) is 47.1 Å². The van der Waals surface area contributed by atoms with Gasteiger partial charge in [-0.15, -0.1) is 0 Å². The number of piperidine rings is 1. The Kier molecular flexibility index (Phi) is 6.54. The number of amides is 1. The molecule has 1 saturated heterocycles. The standard InChI is InChI=1S/C23H25F3N6O2/c1-13-6-7-17(20-30-15(3)31-34-20)18(9-13)21(33)32-8-4-5-14(2)19(32)12-29-22-27-10-16(11-28-22)23(24,25)26/h6-7,9-11,14,19H,4-5,8,12H2,1-3H3,(H,27,28,29). The lowest BCUT2D eigenvalue weighted by atomic mass is 9.89. The van der Waals surface area contributed by atoms with E-state index < -0.39 is 11.7 Å². The molecule has 1 amide bonds. The summed E-state index contributed by atoms with van der Waals surface area (Å²) in [6.07, 6.45) is -1.24. The van der Waals surface area contributed by atoms with Crippen molar-refractivity contribution in [2.45, 2.75) is 45.8 Å². The number of likely N-dealkylation sites (tertiary alicyclic amines) is 1. The minimum absolute atomic E-state index is 0.0794. The van der Waals surface area contributed by atoms with E-state index in [0.717, 1.165) is 30.8 Å². The lowest BCUT2D eigenvalue weighted by Gasteiger charge is -2.40. The molecule has 1 aliphatic rings. The van der Waals surface area contributed by atoms with Gasteiger partial charge in [0.25, 0.3) is 11.8 Å². The molecule has 1 aromatic carbocycles. The number of aromatic nitrogens is 4. The number of hydrogen-bond acceptors (Lipinski definition) is 7. The highest BCUT2D eigenvalue weighted by Gasteiger charge is 2.34. The van der Waals surface area contributed by atoms with Crippen LogP contribution in [0.3, 0.4) is 0 Å². The molecule has 1 aliphatic heterocycles. The van der Waals surface area contributed by atoms with Crippen molar-refractivity contribution < 1.29 is 22.5 Å². The molecule has 34 heavy (non-hydrogen) atoms. The van der Waals surface area contributed by atoms with Crippen LogP contribution in [-0.4, -0.2) is 50.0 Å². The molecule has 0 bridgehead atoms. The molecule has 0 aliphatic carbocycles. The molecular formula is C23H25F3N6O2. The van der Waals surface area contributed by atoms with Gasteiger partial charge in [0.1, 0.15) is 0 Å². The van der Waals surface area contributed by atoms with Crippen LogP contribution in [0.2, 0.25) is 0 Å². The van der Waals surface area contributed by atoms with Gasteiger partial charge in [-0.3, -0.25) is 4.79 Å². The van der Waals surface area contributed by atoms with Crippen molar-refractivity contribution in [3.63, 3.8) is 0 Å². The topological polar surface area (TPSA) is 97.0 Å². The van der Waals surface area contributed by atoms with Gasteiger partial charge in [-0.2, -0.15) is 18.2 Å². The maximum absolute atomic E-state index is 13.7. The van der Waals surface area contributed by atoms with Crippen LogP contribution in [-0.2, 0) is 6.18 Å². The van der Waals surface area contributed by atoms with Gasteiger partial charge in [-0.1, -0.05) is 23.7 Å². The number of hydrogen-bond donors (Lipinski definition) is 1. The molecule has 3 heterocycles. The number of rotatable bonds is 5. The SMILES string of the molecule is Cc1ccc(-c2nc(C)no2)c(C(=O)N2CCCC(C)C2CNc2ncc(C(F)(F)F)cn2)c1. The number of carbonyl (C=O) groups excluding carboxylic acids is 1. The number of benzene rings is 1. The molecule has 0 radical (unpaired) electrons. The maximum atomic E-state index is 13.7. The van der Waals surface area contributed by atoms with Crippen LogP contribution >= 0.6 is 0 Å². The van der Waals surface area contributed by atoms with Gasteiger partial charge in [0.15, 0.2) is 5.82 Å². The second-order valence-corrected chi connectivity index (χ2v) is 8.56. The van der Waals surface area contributed by atoms with Crippen molar-refractivity contribution in [3.05, 3.63) is 53.1 Å². The monoisotopic (exact) mass is 474 g/mol. The predicted molar refractivity (Wildman–Crippen MR) is 118 cm³/mol. The summed E-state index contributed by atoms with van der Waals surface area (Å²) in [5, 5.41) is 6.83. The molecule has 1 fully saturated rings. The van der Waals surface area contributed by atoms with E-state index in [0.29, 0.717) is 30.0 Å². The first-order valence-electron chi connectivity index (χ1n) is 11.0. The summed E-state index contributed by atoms with van der Waals surface area (Å²) in [7, 11) is 0. The zero-order valence-corrected chi connectivity index (χ0v) is 19.1. The van der Waals surface area contributed by atoms with Gasteiger partial charge < -0.3 is 14.7 Å². The Morgan fingerprint density at radius 1 is 1.24 bits per heavy atom. The third kappa shape index (κ3) is 5.02. The fourth-order valence-electron chi connectivity index (χ4n) is 4.16. The molecule has 180 valence electrons. The normalized spacial score (nSPS) is 18.7. The minimum Gasteiger partial charge on any atom is -0.352 e. The Hall–Kier alpha value is -3.50. The van der Waals surface area contributed by atoms with Gasteiger partial charge in [-0.05, 0) is 44.7 Å². The highest BCUT2D eigenvalue weighted by Crippen LogP contribution is 2.30. The predicted octanol–water partition coefficient (Wildman–Crippen LogP) is 4.52. The summed E-state index contributed by atoms with van der Waals surface area (Å²) in [5.41, 5.74) is 1.03. The molecular weight excluding hydrogens is 449 g/mol. The lowest BCUT2D eigenvalue weighted by Crippen LogP contribution is -2.51. The molecule has 4 rings (SSSR count). The van der Waals surface area contributed by atoms with Crippen LogP contribution in [0.25, 0.3) is 11.5 Å². The van der Waals surface area contributed by atoms with E-state index >= 15 is 0 Å². The maximum Gasteiger partial charge on any atom is 0.419 e. The molecule has 0 spiro atoms. The molecule has 0 saturated carbocycles. The average Bonchev–Trinajstić information content (AvgIpc) is 3.23. The van der Waals surface area contributed by atoms with Crippen molar-refractivity contribution in [3.8, 4) is 11.5 Å². The van der Waals surface area contributed by atoms with Gasteiger partial charge >= 0.3 is 6.18 Å². The molecule has 2 aromatic heterocycles. The van der Waals surface area contributed by atoms with E-state index in [-0.39, 0.29) is 29.7 Å². The van der Waals surface area contributed by atoms with Crippen LogP contribution in [0.15, 0.2) is 35.1 Å². The van der Waals surface area contributed by atoms with Crippen molar-refractivity contribution in [1.82, 2.24) is 25.0 Å². The first-order chi connectivity index (χ1) is 16.1. The smallest absolute Gasteiger partial charge is 0.352 e. The Morgan fingerprint density at radius 2 is 1.97 bits per heavy atom. The van der Waals surface area contributed by atoms with E-state index in [1.807, 2.05) is 13.0 Å². The fourth-order valence-corrected chi connectivity index (χ4v) is 4.16. The quantitative estimate of drug-likeness (QED) is 0.581. The summed E-state index contributed by atoms with van der Waals surface area (Å²) in [6, 6.07) is 5.28. The van der Waals surface area contributed by atoms with E-state index in [9.17, 15) is 18.0 Å². The van der Waals surface area contributed by atoms with Gasteiger partial charge in [0.2, 0.25) is 5.95 Å². The van der Waals surface area contributed by atoms with Crippen LogP contribution in [0.5, 0.6) is 0 Å². The number of nitrogens with zero attached hydrogens (tertiary/aromatic N) is 5. The number of halogens is 3. The third-order valence-corrected chi connectivity index (χ3v) is 5.99. The number of carbonyl (C=O) groups is 1. The summed E-state index contributed by atoms with van der Waals surface area (Å²) in [5.74, 6) is 0.827. The Morgan fingerprint density at radius 3 is 2.62 bits per heavy atom. The first-order valence-corrected chi connectivity index (χ1v) is 11.0. The summed E-state index contributed by atoms with van der Waals surface area (Å²) < 4.78 is 43.6. The van der Waals surface area contributed by atoms with Crippen LogP contribution < -0.4 is 5.32 Å². The molecule has 8 nitrogen and oxygen atoms in total. The molecule has 1 N–H and O–H groups in total. The Bertz CT molecular complexity index is 1160. The molecule has 3 aromatic rings. The zero-order chi connectivity index (χ0) is 24.5. The van der Waals surface area contributed by atoms with Gasteiger partial charge in [-0.25, -0.2) is 9.97 Å². The summed E-state index contributed by atoms with van der Waals surface area (Å²) in [6.45, 7) is 6.52. The highest BCUT2D eigenvalue weighted by atomic mass is 19.4. The second kappa shape index (κ2) is 9.40. The van der Waals surface area contributed by atoms with E-state index in [4.69, 9.17) is 4.52 Å². The third-order valence-electron chi connectivity index (χ3n) is 5.99. The second-order valence-electron chi connectivity index (χ2n) is 8.56. The molecule has 2 unspecified atom stereocenters. The highest BCUT2D eigenvalue weighted by molar-refractivity contribution is 6.00. The van der Waals surface area contributed by atoms with Crippen LogP contribution in [0, 0.1) is 19.8 Å². The van der Waals surface area contributed by atoms with E-state index in [1.165, 1.54) is 0 Å².